The van der Waals surface area contributed by atoms with Gasteiger partial charge in [-0.1, -0.05) is 116 Å². The minimum Gasteiger partial charge on any atom is -0.497 e. The minimum absolute atomic E-state index is 0.00921. The number of nitrogens with zero attached hydrogens (tertiary/aromatic N) is 14. The molecule has 0 amide bonds. The largest absolute Gasteiger partial charge is 0.497 e. The molecule has 9 atom stereocenters. The molecule has 5 unspecified atom stereocenters. The lowest BCUT2D eigenvalue weighted by atomic mass is 10.0. The van der Waals surface area contributed by atoms with Crippen LogP contribution in [0.5, 0.6) is 46.0 Å². The average Bonchev–Trinajstić information content (AvgIpc) is 1.42. The number of hydrogen-bond acceptors (Lipinski definition) is 41. The highest BCUT2D eigenvalue weighted by atomic mass is 35.5. The van der Waals surface area contributed by atoms with E-state index in [1.165, 1.54) is 0 Å². The first kappa shape index (κ1) is 123. The van der Waals surface area contributed by atoms with Crippen LogP contribution in [0.2, 0.25) is 10.4 Å². The zero-order valence-corrected chi connectivity index (χ0v) is 91.3. The standard InChI is InChI=1S/C25H30N6O2.C22H29N5O3.C22H27N5O3.C9H13NO2.C8H19N.C7H3Cl2N3.C6H15NO.C6H10O8.CH5P/c1-4-5-8-20(19-9-6-13-26-19)29-24-23-21(10-7-14-27-23)30-25(31-24)28-16-17-11-12-18(32-2)15-22(17)33-3;2*1-4-5-7-16(14-28)25-21-20-18(8-6-11-23-20)26-22(27-21)24-13-15-9-10-17(29-2)12-19(15)30-3;1-11-8-4-3-7(6-10)9(5-8)12-2;1-6-9(7(2)3)8(4)5;8-6-5-4(2-1-3-10-5)11-7(9)12-6;1-2-3-4-6(7)5-8;7-1-2(8)12-6-5(11-1)13-3(9)4(10)14-6;1-2/h6-7,10-15,20H,4-5,8-9,16H2,1-3H3,(H2,28,29,30,31);6,8-12,16,28H,4-5,7,13-14H2,1-3H3,(H2,24,25,26,27);6,8-12,14,16H,4-5,7,13H2,1-3H3,(H2,24,25,26,27);3-5H,6,10H2,1-2H3;7-8H,6H2,1-5H3;1-3H;6,8H,2-5,7H2,1H3;1-10H;2H2,1H3/t20-;2*16-;;;;6-;;/m111...1../s1/i;;;;;;;;1D. The van der Waals surface area contributed by atoms with Crippen molar-refractivity contribution in [3.8, 4) is 46.0 Å². The summed E-state index contributed by atoms with van der Waals surface area (Å²) in [6.07, 6.45) is 16.0. The zero-order valence-electron chi connectivity index (χ0n) is 89.6. The van der Waals surface area contributed by atoms with E-state index in [2.05, 4.69) is 193 Å². The van der Waals surface area contributed by atoms with Gasteiger partial charge in [0.2, 0.25) is 60.9 Å². The Hall–Kier alpha value is -12.4. The van der Waals surface area contributed by atoms with Gasteiger partial charge in [0.25, 0.3) is 0 Å². The van der Waals surface area contributed by atoms with Crippen LogP contribution in [0.3, 0.4) is 0 Å². The summed E-state index contributed by atoms with van der Waals surface area (Å²) in [5, 5.41) is 74.6. The molecule has 818 valence electrons. The van der Waals surface area contributed by atoms with Crippen LogP contribution in [0.15, 0.2) is 163 Å². The third-order valence-corrected chi connectivity index (χ3v) is 23.4. The van der Waals surface area contributed by atoms with Crippen LogP contribution in [0.25, 0.3) is 44.1 Å². The minimum atomic E-state index is -1.58. The summed E-state index contributed by atoms with van der Waals surface area (Å²) in [6, 6.07) is 38.5. The molecule has 150 heavy (non-hydrogen) atoms. The van der Waals surface area contributed by atoms with E-state index < -0.39 is 37.7 Å². The molecule has 8 aromatic heterocycles. The third-order valence-electron chi connectivity index (χ3n) is 23.0. The summed E-state index contributed by atoms with van der Waals surface area (Å²) >= 11 is 11.4. The molecule has 12 aromatic rings. The Kier molecular flexibility index (Phi) is 56.0. The van der Waals surface area contributed by atoms with Crippen molar-refractivity contribution < 1.29 is 93.6 Å². The Morgan fingerprint density at radius 3 is 1.17 bits per heavy atom. The fraction of sp³-hybridized carbons (Fsp3) is 0.472. The molecule has 11 heterocycles. The molecule has 0 radical (unpaired) electrons. The summed E-state index contributed by atoms with van der Waals surface area (Å²) in [7, 11) is 15.3. The maximum atomic E-state index is 11.5. The number of anilines is 6. The summed E-state index contributed by atoms with van der Waals surface area (Å²) in [6.45, 7) is 23.4. The van der Waals surface area contributed by atoms with E-state index in [4.69, 9.17) is 104 Å². The molecular formula is C106H151Cl2N22O19P. The quantitative estimate of drug-likeness (QED) is 0.00730. The van der Waals surface area contributed by atoms with Gasteiger partial charge in [0.05, 0.1) is 110 Å². The molecule has 0 spiro atoms. The van der Waals surface area contributed by atoms with Gasteiger partial charge in [0.15, 0.2) is 22.6 Å². The Morgan fingerprint density at radius 1 is 0.473 bits per heavy atom. The molecule has 2 saturated heterocycles. The molecule has 4 aromatic carbocycles. The number of carbonyl (C=O) groups excluding carboxylic acids is 1. The van der Waals surface area contributed by atoms with E-state index in [0.717, 1.165) is 181 Å². The molecular weight excluding hydrogens is 1990 g/mol. The van der Waals surface area contributed by atoms with Crippen molar-refractivity contribution in [1.29, 1.82) is 0 Å². The molecule has 2 fully saturated rings. The first-order valence-electron chi connectivity index (χ1n) is 50.4. The molecule has 3 aliphatic heterocycles. The number of hydrogen-bond donors (Lipinski definition) is 14. The number of benzene rings is 4. The second-order valence-electron chi connectivity index (χ2n) is 34.1. The Labute approximate surface area is 892 Å². The number of aliphatic hydroxyl groups is 6. The van der Waals surface area contributed by atoms with Gasteiger partial charge in [0, 0.05) is 135 Å². The number of nitrogens with one attached hydrogen (secondary N) is 6. The highest BCUT2D eigenvalue weighted by molar-refractivity contribution is 7.15. The van der Waals surface area contributed by atoms with Gasteiger partial charge in [-0.25, -0.2) is 24.9 Å². The lowest BCUT2D eigenvalue weighted by Gasteiger charge is -2.42. The van der Waals surface area contributed by atoms with Crippen LogP contribution >= 0.6 is 32.4 Å². The summed E-state index contributed by atoms with van der Waals surface area (Å²) in [4.78, 5) is 71.4. The number of halogens is 2. The van der Waals surface area contributed by atoms with Crippen molar-refractivity contribution in [2.24, 2.45) is 16.5 Å². The highest BCUT2D eigenvalue weighted by Crippen LogP contribution is 2.34. The van der Waals surface area contributed by atoms with Crippen molar-refractivity contribution in [1.82, 2.24) is 64.7 Å². The topological polar surface area (TPSA) is 544 Å². The number of carbonyl (C=O) groups is 1. The molecule has 0 aliphatic carbocycles. The maximum Gasteiger partial charge on any atom is 0.225 e. The number of aldehydes is 1. The average molecular weight is 2140 g/mol. The lowest BCUT2D eigenvalue weighted by Crippen LogP contribution is -2.58. The molecule has 15 rings (SSSR count). The van der Waals surface area contributed by atoms with Crippen molar-refractivity contribution in [3.05, 3.63) is 191 Å². The number of aliphatic imine (C=N–C) groups is 1. The number of nitrogens with two attached hydrogens (primary N) is 2. The van der Waals surface area contributed by atoms with Crippen LogP contribution in [0.1, 0.15) is 169 Å². The number of aromatic nitrogens is 12. The van der Waals surface area contributed by atoms with Crippen molar-refractivity contribution in [2.45, 2.75) is 246 Å². The number of aliphatic hydroxyl groups excluding tert-OH is 6. The van der Waals surface area contributed by atoms with Crippen LogP contribution in [-0.2, 0) is 49.9 Å². The van der Waals surface area contributed by atoms with Crippen molar-refractivity contribution in [3.63, 3.8) is 0 Å². The Balaban J connectivity index is 0.000000244. The van der Waals surface area contributed by atoms with Gasteiger partial charge in [-0.05, 0) is 163 Å². The predicted octanol–water partition coefficient (Wildman–Crippen LogP) is 16.0. The number of pyridine rings is 4. The molecule has 41 nitrogen and oxygen atoms in total. The summed E-state index contributed by atoms with van der Waals surface area (Å²) < 4.78 is 67.3. The van der Waals surface area contributed by atoms with E-state index in [0.29, 0.717) is 114 Å². The second-order valence-corrected chi connectivity index (χ2v) is 34.8. The molecule has 16 N–H and O–H groups in total. The number of allylic oxidation sites excluding steroid dienone is 1. The monoisotopic (exact) mass is 2140 g/mol. The second kappa shape index (κ2) is 68.4. The highest BCUT2D eigenvalue weighted by Gasteiger charge is 2.46. The molecule has 0 saturated carbocycles. The number of unbranched alkanes of at least 4 members (excludes halogenated alkanes) is 4. The Bertz CT molecular complexity index is 6030. The van der Waals surface area contributed by atoms with Crippen molar-refractivity contribution >= 4 is 124 Å². The third kappa shape index (κ3) is 40.1. The van der Waals surface area contributed by atoms with Crippen LogP contribution in [-0.4, -0.2) is 265 Å². The van der Waals surface area contributed by atoms with Crippen LogP contribution in [0, 0.1) is 0 Å². The summed E-state index contributed by atoms with van der Waals surface area (Å²) in [5.74, 6) is 9.24. The first-order valence-corrected chi connectivity index (χ1v) is 51.2. The fourth-order valence-corrected chi connectivity index (χ4v) is 15.5. The number of methoxy groups -OCH3 is 8. The van der Waals surface area contributed by atoms with E-state index in [9.17, 15) is 9.90 Å². The van der Waals surface area contributed by atoms with E-state index >= 15 is 0 Å². The van der Waals surface area contributed by atoms with Crippen LogP contribution in [0.4, 0.5) is 35.3 Å². The predicted molar refractivity (Wildman–Crippen MR) is 591 cm³/mol. The number of ether oxygens (including phenoxy) is 12. The van der Waals surface area contributed by atoms with E-state index in [1.54, 1.807) is 93.8 Å². The normalized spacial score (nSPS) is 15.9. The van der Waals surface area contributed by atoms with E-state index in [1.807, 2.05) is 115 Å². The van der Waals surface area contributed by atoms with Gasteiger partial charge in [0.1, 0.15) is 74.3 Å². The summed E-state index contributed by atoms with van der Waals surface area (Å²) in [5.41, 5.74) is 21.4. The van der Waals surface area contributed by atoms with Gasteiger partial charge < -0.3 is 136 Å². The lowest BCUT2D eigenvalue weighted by molar-refractivity contribution is -0.494. The van der Waals surface area contributed by atoms with Gasteiger partial charge in [-0.15, -0.1) is 9.24 Å². The smallest absolute Gasteiger partial charge is 0.225 e. The number of rotatable bonds is 43. The SMILES string of the molecule is CCCC[C@@H](N)CO.CCCC[C@@H](Nc1nc(NCc2ccc(OC)cc2OC)nc2cccnc12)C1=NC=CC1.CCCC[C@H](C=O)Nc1nc(NCc2ccc(OC)cc2OC)nc2cccnc12.CCCC[C@H](CO)Nc1nc(NCc2ccc(OC)cc2OC)nc2cccnc12.CCN(C(C)C)C(C)C.COc1ccc(CN)c(OC)c1.Clc1nc(Cl)c2ncccc2n1.OC1OC2OC(O)C(O)OC2OC1O.[2H]CP. The Morgan fingerprint density at radius 2 is 0.833 bits per heavy atom. The fourth-order valence-electron chi connectivity index (χ4n) is 15.0. The maximum absolute atomic E-state index is 11.5. The van der Waals surface area contributed by atoms with Gasteiger partial charge >= 0.3 is 0 Å². The zero-order chi connectivity index (χ0) is 110. The molecule has 3 aliphatic rings. The molecule has 44 heteroatoms. The van der Waals surface area contributed by atoms with Gasteiger partial charge in [-0.3, -0.25) is 29.8 Å². The van der Waals surface area contributed by atoms with Crippen LogP contribution < -0.4 is 81.3 Å². The molecule has 0 bridgehead atoms. The number of fused-ring (bicyclic) bond motifs is 5. The van der Waals surface area contributed by atoms with Gasteiger partial charge in [-0.2, -0.15) is 15.0 Å². The van der Waals surface area contributed by atoms with E-state index in [-0.39, 0.29) is 47.8 Å². The van der Waals surface area contributed by atoms with Crippen molar-refractivity contribution in [2.75, 3.05) is 115 Å². The first-order chi connectivity index (χ1) is 73.0.